The van der Waals surface area contributed by atoms with E-state index in [9.17, 15) is 0 Å². The van der Waals surface area contributed by atoms with E-state index in [1.807, 2.05) is 0 Å². The summed E-state index contributed by atoms with van der Waals surface area (Å²) in [6.07, 6.45) is 4.66. The zero-order chi connectivity index (χ0) is 17.4. The van der Waals surface area contributed by atoms with Crippen LogP contribution in [0.5, 0.6) is 5.75 Å². The van der Waals surface area contributed by atoms with Crippen LogP contribution in [0.1, 0.15) is 25.3 Å². The van der Waals surface area contributed by atoms with E-state index in [4.69, 9.17) is 15.5 Å². The van der Waals surface area contributed by atoms with Crippen LogP contribution in [0.3, 0.4) is 0 Å². The summed E-state index contributed by atoms with van der Waals surface area (Å²) in [5.74, 6) is 1.41. The number of nitrogens with zero attached hydrogens (tertiary/aromatic N) is 4. The predicted octanol–water partition coefficient (Wildman–Crippen LogP) is 3.90. The van der Waals surface area contributed by atoms with Crippen molar-refractivity contribution in [2.75, 3.05) is 12.3 Å². The lowest BCUT2D eigenvalue weighted by molar-refractivity contribution is 0.356. The molecule has 0 saturated carbocycles. The third-order valence-corrected chi connectivity index (χ3v) is 6.52. The van der Waals surface area contributed by atoms with E-state index < -0.39 is 0 Å². The topological polar surface area (TPSA) is 78.9 Å². The molecule has 0 fully saturated rings. The van der Waals surface area contributed by atoms with Crippen LogP contribution in [0.25, 0.3) is 11.2 Å². The molecule has 25 heavy (non-hydrogen) atoms. The molecule has 3 aromatic rings. The molecule has 2 aromatic heterocycles. The first kappa shape index (κ1) is 16.9. The zero-order valence-corrected chi connectivity index (χ0v) is 16.8. The minimum atomic E-state index is 0.425. The molecule has 8 heteroatoms. The van der Waals surface area contributed by atoms with E-state index in [0.717, 1.165) is 53.9 Å². The van der Waals surface area contributed by atoms with Gasteiger partial charge in [-0.15, -0.1) is 0 Å². The summed E-state index contributed by atoms with van der Waals surface area (Å²) in [4.78, 5) is 14.3. The molecular weight excluding hydrogens is 449 g/mol. The number of aromatic nitrogens is 4. The van der Waals surface area contributed by atoms with Crippen molar-refractivity contribution < 1.29 is 4.74 Å². The fourth-order valence-corrected chi connectivity index (χ4v) is 4.69. The Hall–Kier alpha value is -1.55. The molecule has 1 aliphatic rings. The minimum absolute atomic E-state index is 0.425. The summed E-state index contributed by atoms with van der Waals surface area (Å²) in [7, 11) is 0. The lowest BCUT2D eigenvalue weighted by Gasteiger charge is -2.10. The number of hydrogen-bond donors (Lipinski definition) is 1. The maximum Gasteiger partial charge on any atom is 0.175 e. The van der Waals surface area contributed by atoms with Gasteiger partial charge in [0.15, 0.2) is 22.1 Å². The number of rotatable bonds is 5. The largest absolute Gasteiger partial charge is 0.493 e. The van der Waals surface area contributed by atoms with Crippen molar-refractivity contribution in [2.45, 2.75) is 42.8 Å². The first-order chi connectivity index (χ1) is 12.2. The van der Waals surface area contributed by atoms with Crippen molar-refractivity contribution in [1.29, 1.82) is 0 Å². The van der Waals surface area contributed by atoms with E-state index >= 15 is 0 Å². The Labute approximate surface area is 163 Å². The smallest absolute Gasteiger partial charge is 0.175 e. The monoisotopic (exact) mass is 467 g/mol. The Morgan fingerprint density at radius 3 is 3.08 bits per heavy atom. The van der Waals surface area contributed by atoms with Gasteiger partial charge in [0.25, 0.3) is 0 Å². The molecule has 0 saturated heterocycles. The average molecular weight is 467 g/mol. The number of nitrogen functional groups attached to an aromatic ring is 1. The van der Waals surface area contributed by atoms with E-state index in [-0.39, 0.29) is 0 Å². The summed E-state index contributed by atoms with van der Waals surface area (Å²) < 4.78 is 9.07. The highest BCUT2D eigenvalue weighted by atomic mass is 127. The Balaban J connectivity index is 1.77. The molecule has 0 atom stereocenters. The van der Waals surface area contributed by atoms with Crippen LogP contribution in [-0.4, -0.2) is 26.1 Å². The SMILES string of the molecule is CCCCn1c(Sc2cc3c(cc2I)CCO3)nc2c(N)ncnc21. The fourth-order valence-electron chi connectivity index (χ4n) is 2.88. The van der Waals surface area contributed by atoms with Crippen LogP contribution in [0.4, 0.5) is 5.82 Å². The first-order valence-corrected chi connectivity index (χ1v) is 10.2. The van der Waals surface area contributed by atoms with Crippen molar-refractivity contribution in [1.82, 2.24) is 19.5 Å². The zero-order valence-electron chi connectivity index (χ0n) is 13.8. The lowest BCUT2D eigenvalue weighted by atomic mass is 10.2. The van der Waals surface area contributed by atoms with Gasteiger partial charge < -0.3 is 15.0 Å². The first-order valence-electron chi connectivity index (χ1n) is 8.27. The second-order valence-electron chi connectivity index (χ2n) is 5.92. The molecule has 130 valence electrons. The van der Waals surface area contributed by atoms with Crippen LogP contribution in [-0.2, 0) is 13.0 Å². The molecule has 0 amide bonds. The number of nitrogens with two attached hydrogens (primary N) is 1. The number of imidazole rings is 1. The van der Waals surface area contributed by atoms with Gasteiger partial charge in [-0.25, -0.2) is 15.0 Å². The minimum Gasteiger partial charge on any atom is -0.493 e. The van der Waals surface area contributed by atoms with Crippen molar-refractivity contribution in [3.8, 4) is 5.75 Å². The Bertz CT molecular complexity index is 942. The van der Waals surface area contributed by atoms with Gasteiger partial charge in [0.1, 0.15) is 12.1 Å². The molecule has 0 radical (unpaired) electrons. The molecule has 6 nitrogen and oxygen atoms in total. The number of halogens is 1. The summed E-state index contributed by atoms with van der Waals surface area (Å²) in [5, 5.41) is 0.895. The number of unbranched alkanes of at least 4 members (excludes halogenated alkanes) is 1. The summed E-state index contributed by atoms with van der Waals surface area (Å²) >= 11 is 4.01. The Morgan fingerprint density at radius 2 is 2.24 bits per heavy atom. The van der Waals surface area contributed by atoms with Crippen LogP contribution >= 0.6 is 34.4 Å². The third kappa shape index (κ3) is 3.17. The van der Waals surface area contributed by atoms with Gasteiger partial charge in [-0.3, -0.25) is 0 Å². The van der Waals surface area contributed by atoms with Gasteiger partial charge in [-0.2, -0.15) is 0 Å². The van der Waals surface area contributed by atoms with Gasteiger partial charge in [0.2, 0.25) is 0 Å². The second kappa shape index (κ2) is 6.99. The number of ether oxygens (including phenoxy) is 1. The number of hydrogen-bond acceptors (Lipinski definition) is 6. The number of anilines is 1. The summed E-state index contributed by atoms with van der Waals surface area (Å²) in [6.45, 7) is 3.81. The van der Waals surface area contributed by atoms with Crippen molar-refractivity contribution in [3.63, 3.8) is 0 Å². The lowest BCUT2D eigenvalue weighted by Crippen LogP contribution is -2.01. The van der Waals surface area contributed by atoms with Gasteiger partial charge in [-0.05, 0) is 46.7 Å². The average Bonchev–Trinajstić information content (AvgIpc) is 3.18. The molecule has 0 aliphatic carbocycles. The highest BCUT2D eigenvalue weighted by Gasteiger charge is 2.19. The van der Waals surface area contributed by atoms with Crippen molar-refractivity contribution in [2.24, 2.45) is 0 Å². The third-order valence-electron chi connectivity index (χ3n) is 4.21. The van der Waals surface area contributed by atoms with Crippen LogP contribution in [0.15, 0.2) is 28.5 Å². The molecule has 2 N–H and O–H groups in total. The number of benzene rings is 1. The van der Waals surface area contributed by atoms with E-state index in [1.165, 1.54) is 15.5 Å². The Morgan fingerprint density at radius 1 is 1.36 bits per heavy atom. The molecule has 4 rings (SSSR count). The van der Waals surface area contributed by atoms with Gasteiger partial charge in [0.05, 0.1) is 6.61 Å². The normalized spacial score (nSPS) is 13.2. The second-order valence-corrected chi connectivity index (χ2v) is 8.09. The molecular formula is C17H18IN5OS. The maximum atomic E-state index is 6.01. The quantitative estimate of drug-likeness (QED) is 0.574. The molecule has 0 spiro atoms. The van der Waals surface area contributed by atoms with Crippen molar-refractivity contribution >= 4 is 51.3 Å². The fraction of sp³-hybridized carbons (Fsp3) is 0.353. The summed E-state index contributed by atoms with van der Waals surface area (Å²) in [6, 6.07) is 4.33. The van der Waals surface area contributed by atoms with Crippen LogP contribution in [0, 0.1) is 3.57 Å². The highest BCUT2D eigenvalue weighted by Crippen LogP contribution is 2.38. The van der Waals surface area contributed by atoms with E-state index in [1.54, 1.807) is 11.8 Å². The molecule has 1 aromatic carbocycles. The highest BCUT2D eigenvalue weighted by molar-refractivity contribution is 14.1. The molecule has 3 heterocycles. The number of aryl methyl sites for hydroxylation is 1. The van der Waals surface area contributed by atoms with Crippen molar-refractivity contribution in [3.05, 3.63) is 27.6 Å². The standard InChI is InChI=1S/C17H18IN5OS/c1-2-3-5-23-16-14(15(19)20-9-21-16)22-17(23)25-13-8-12-10(4-6-24-12)7-11(13)18/h7-9H,2-6H2,1H3,(H2,19,20,21). The van der Waals surface area contributed by atoms with E-state index in [0.29, 0.717) is 11.3 Å². The van der Waals surface area contributed by atoms with Gasteiger partial charge >= 0.3 is 0 Å². The predicted molar refractivity (Wildman–Crippen MR) is 107 cm³/mol. The van der Waals surface area contributed by atoms with Crippen LogP contribution in [0.2, 0.25) is 0 Å². The van der Waals surface area contributed by atoms with Crippen LogP contribution < -0.4 is 10.5 Å². The molecule has 1 aliphatic heterocycles. The number of fused-ring (bicyclic) bond motifs is 2. The maximum absolute atomic E-state index is 6.01. The van der Waals surface area contributed by atoms with E-state index in [2.05, 4.69) is 56.2 Å². The van der Waals surface area contributed by atoms with Gasteiger partial charge in [0, 0.05) is 21.4 Å². The molecule has 0 bridgehead atoms. The summed E-state index contributed by atoms with van der Waals surface area (Å²) in [5.41, 5.74) is 8.76. The molecule has 0 unspecified atom stereocenters. The Kier molecular flexibility index (Phi) is 4.72. The van der Waals surface area contributed by atoms with Gasteiger partial charge in [-0.1, -0.05) is 25.1 Å².